The summed E-state index contributed by atoms with van der Waals surface area (Å²) in [5.41, 5.74) is 5.09. The van der Waals surface area contributed by atoms with Gasteiger partial charge in [0.1, 0.15) is 12.0 Å². The molecule has 1 heterocycles. The van der Waals surface area contributed by atoms with Gasteiger partial charge in [0, 0.05) is 23.6 Å². The smallest absolute Gasteiger partial charge is 0.288 e. The number of rotatable bonds is 5. The molecule has 8 heteroatoms. The molecule has 0 spiro atoms. The minimum absolute atomic E-state index is 0.0120. The van der Waals surface area contributed by atoms with Crippen molar-refractivity contribution in [1.82, 2.24) is 9.88 Å². The Morgan fingerprint density at radius 2 is 2.18 bits per heavy atom. The number of anilines is 1. The van der Waals surface area contributed by atoms with Crippen LogP contribution in [0.15, 0.2) is 12.3 Å². The molecule has 0 aromatic carbocycles. The topological polar surface area (TPSA) is 114 Å². The van der Waals surface area contributed by atoms with E-state index >= 15 is 0 Å². The van der Waals surface area contributed by atoms with Gasteiger partial charge in [0.05, 0.1) is 10.5 Å². The van der Waals surface area contributed by atoms with Gasteiger partial charge in [-0.3, -0.25) is 14.9 Å². The molecule has 1 aromatic heterocycles. The Balaban J connectivity index is 2.24. The van der Waals surface area contributed by atoms with E-state index in [9.17, 15) is 14.9 Å². The number of aromatic nitrogens is 1. The first kappa shape index (κ1) is 16.2. The van der Waals surface area contributed by atoms with Gasteiger partial charge in [-0.1, -0.05) is 13.8 Å². The van der Waals surface area contributed by atoms with Crippen LogP contribution in [0.2, 0.25) is 0 Å². The summed E-state index contributed by atoms with van der Waals surface area (Å²) >= 11 is 0. The van der Waals surface area contributed by atoms with Crippen molar-refractivity contribution in [2.75, 3.05) is 19.4 Å². The monoisotopic (exact) mass is 307 g/mol. The van der Waals surface area contributed by atoms with Crippen molar-refractivity contribution >= 4 is 17.4 Å². The highest BCUT2D eigenvalue weighted by Gasteiger charge is 2.49. The fourth-order valence-electron chi connectivity index (χ4n) is 3.05. The van der Waals surface area contributed by atoms with E-state index in [0.29, 0.717) is 11.9 Å². The Labute approximate surface area is 128 Å². The highest BCUT2D eigenvalue weighted by atomic mass is 16.6. The molecule has 1 saturated carbocycles. The van der Waals surface area contributed by atoms with E-state index in [1.807, 2.05) is 14.1 Å². The summed E-state index contributed by atoms with van der Waals surface area (Å²) in [6, 6.07) is 1.69. The molecular formula is C14H21N5O3. The zero-order chi connectivity index (χ0) is 16.7. The number of hydrogen-bond acceptors (Lipinski definition) is 6. The van der Waals surface area contributed by atoms with E-state index in [0.717, 1.165) is 18.7 Å². The summed E-state index contributed by atoms with van der Waals surface area (Å²) in [5.74, 6) is -0.437. The Hall–Kier alpha value is -2.22. The van der Waals surface area contributed by atoms with Crippen molar-refractivity contribution in [2.45, 2.75) is 32.4 Å². The second-order valence-corrected chi connectivity index (χ2v) is 6.44. The predicted octanol–water partition coefficient (Wildman–Crippen LogP) is 1.23. The van der Waals surface area contributed by atoms with Gasteiger partial charge < -0.3 is 16.0 Å². The highest BCUT2D eigenvalue weighted by Crippen LogP contribution is 2.44. The first-order valence-electron chi connectivity index (χ1n) is 7.01. The van der Waals surface area contributed by atoms with Gasteiger partial charge in [-0.05, 0) is 20.5 Å². The molecule has 0 unspecified atom stereocenters. The molecule has 1 aliphatic carbocycles. The quantitative estimate of drug-likeness (QED) is 0.624. The van der Waals surface area contributed by atoms with Crippen LogP contribution in [-0.2, 0) is 0 Å². The lowest BCUT2D eigenvalue weighted by atomic mass is 9.62. The Morgan fingerprint density at radius 1 is 1.55 bits per heavy atom. The van der Waals surface area contributed by atoms with E-state index in [1.165, 1.54) is 0 Å². The number of nitro groups is 1. The van der Waals surface area contributed by atoms with Crippen LogP contribution >= 0.6 is 0 Å². The molecule has 0 saturated heterocycles. The number of nitrogens with one attached hydrogen (secondary N) is 1. The summed E-state index contributed by atoms with van der Waals surface area (Å²) in [5, 5.41) is 14.0. The van der Waals surface area contributed by atoms with Crippen LogP contribution in [0, 0.1) is 15.5 Å². The molecule has 120 valence electrons. The van der Waals surface area contributed by atoms with Crippen molar-refractivity contribution in [3.63, 3.8) is 0 Å². The van der Waals surface area contributed by atoms with Gasteiger partial charge >= 0.3 is 0 Å². The van der Waals surface area contributed by atoms with Gasteiger partial charge in [0.15, 0.2) is 0 Å². The third-order valence-electron chi connectivity index (χ3n) is 4.50. The minimum atomic E-state index is -0.736. The fraction of sp³-hybridized carbons (Fsp3) is 0.571. The van der Waals surface area contributed by atoms with E-state index in [2.05, 4.69) is 29.0 Å². The molecule has 0 aliphatic heterocycles. The lowest BCUT2D eigenvalue weighted by molar-refractivity contribution is -0.385. The molecule has 1 amide bonds. The Morgan fingerprint density at radius 3 is 2.64 bits per heavy atom. The van der Waals surface area contributed by atoms with Crippen molar-refractivity contribution < 1.29 is 9.72 Å². The average Bonchev–Trinajstić information content (AvgIpc) is 2.42. The van der Waals surface area contributed by atoms with Crippen LogP contribution in [0.1, 0.15) is 30.6 Å². The average molecular weight is 307 g/mol. The molecular weight excluding hydrogens is 286 g/mol. The number of nitrogens with two attached hydrogens (primary N) is 1. The van der Waals surface area contributed by atoms with E-state index < -0.39 is 10.8 Å². The maximum absolute atomic E-state index is 11.5. The predicted molar refractivity (Wildman–Crippen MR) is 82.7 cm³/mol. The van der Waals surface area contributed by atoms with Crippen LogP contribution in [0.4, 0.5) is 11.5 Å². The van der Waals surface area contributed by atoms with Crippen molar-refractivity contribution in [2.24, 2.45) is 11.1 Å². The third-order valence-corrected chi connectivity index (χ3v) is 4.50. The van der Waals surface area contributed by atoms with Gasteiger partial charge in [-0.2, -0.15) is 0 Å². The van der Waals surface area contributed by atoms with E-state index in [1.54, 1.807) is 0 Å². The molecule has 0 radical (unpaired) electrons. The zero-order valence-electron chi connectivity index (χ0n) is 13.2. The molecule has 8 nitrogen and oxygen atoms in total. The summed E-state index contributed by atoms with van der Waals surface area (Å²) in [4.78, 5) is 27.9. The highest BCUT2D eigenvalue weighted by molar-refractivity contribution is 5.98. The van der Waals surface area contributed by atoms with Gasteiger partial charge in [-0.25, -0.2) is 4.98 Å². The van der Waals surface area contributed by atoms with Crippen molar-refractivity contribution in [3.8, 4) is 0 Å². The van der Waals surface area contributed by atoms with Gasteiger partial charge in [0.2, 0.25) is 0 Å². The first-order chi connectivity index (χ1) is 10.1. The standard InChI is InChI=1S/C14H21N5O3/c1-14(2)10(6-11(14)18(3)4)17-13-9(12(15)20)5-8(7-16-13)19(21)22/h5,7,10-11H,6H2,1-4H3,(H2,15,20)(H,16,17)/t10-,11-/m1/s1. The zero-order valence-corrected chi connectivity index (χ0v) is 13.2. The number of nitrogens with zero attached hydrogens (tertiary/aromatic N) is 3. The lowest BCUT2D eigenvalue weighted by Crippen LogP contribution is -2.62. The number of carbonyl (C=O) groups is 1. The van der Waals surface area contributed by atoms with Crippen molar-refractivity contribution in [1.29, 1.82) is 0 Å². The molecule has 1 aliphatic rings. The van der Waals surface area contributed by atoms with Crippen LogP contribution in [-0.4, -0.2) is 46.9 Å². The second kappa shape index (κ2) is 5.53. The number of primary amides is 1. The normalized spacial score (nSPS) is 23.0. The first-order valence-corrected chi connectivity index (χ1v) is 7.01. The molecule has 1 fully saturated rings. The Bertz CT molecular complexity index is 614. The van der Waals surface area contributed by atoms with Gasteiger partial charge in [-0.15, -0.1) is 0 Å². The number of pyridine rings is 1. The van der Waals surface area contributed by atoms with E-state index in [4.69, 9.17) is 5.73 Å². The molecule has 1 aromatic rings. The number of carbonyl (C=O) groups excluding carboxylic acids is 1. The van der Waals surface area contributed by atoms with E-state index in [-0.39, 0.29) is 22.7 Å². The lowest BCUT2D eigenvalue weighted by Gasteiger charge is -2.55. The summed E-state index contributed by atoms with van der Waals surface area (Å²) < 4.78 is 0. The second-order valence-electron chi connectivity index (χ2n) is 6.44. The molecule has 0 bridgehead atoms. The maximum atomic E-state index is 11.5. The maximum Gasteiger partial charge on any atom is 0.288 e. The van der Waals surface area contributed by atoms with Crippen molar-refractivity contribution in [3.05, 3.63) is 27.9 Å². The molecule has 2 atom stereocenters. The van der Waals surface area contributed by atoms with Crippen LogP contribution in [0.5, 0.6) is 0 Å². The minimum Gasteiger partial charge on any atom is -0.366 e. The van der Waals surface area contributed by atoms with Crippen LogP contribution in [0.3, 0.4) is 0 Å². The third kappa shape index (κ3) is 2.74. The summed E-state index contributed by atoms with van der Waals surface area (Å²) in [6.07, 6.45) is 2.03. The molecule has 2 rings (SSSR count). The number of hydrogen-bond donors (Lipinski definition) is 2. The largest absolute Gasteiger partial charge is 0.366 e. The fourth-order valence-corrected chi connectivity index (χ4v) is 3.05. The summed E-state index contributed by atoms with van der Waals surface area (Å²) in [6.45, 7) is 4.27. The van der Waals surface area contributed by atoms with Crippen LogP contribution < -0.4 is 11.1 Å². The number of amides is 1. The van der Waals surface area contributed by atoms with Gasteiger partial charge in [0.25, 0.3) is 11.6 Å². The summed E-state index contributed by atoms with van der Waals surface area (Å²) in [7, 11) is 4.06. The van der Waals surface area contributed by atoms with Crippen LogP contribution in [0.25, 0.3) is 0 Å². The SMILES string of the molecule is CN(C)[C@@H]1C[C@@H](Nc2ncc([N+](=O)[O-])cc2C(N)=O)C1(C)C. The molecule has 3 N–H and O–H groups in total. The Kier molecular flexibility index (Phi) is 4.06. The molecule has 22 heavy (non-hydrogen) atoms.